The van der Waals surface area contributed by atoms with E-state index in [9.17, 15) is 4.79 Å². The molecule has 0 unspecified atom stereocenters. The third-order valence-corrected chi connectivity index (χ3v) is 5.47. The van der Waals surface area contributed by atoms with Gasteiger partial charge in [0.1, 0.15) is 0 Å². The maximum atomic E-state index is 12.6. The van der Waals surface area contributed by atoms with E-state index >= 15 is 0 Å². The van der Waals surface area contributed by atoms with Gasteiger partial charge in [0.25, 0.3) is 5.56 Å². The highest BCUT2D eigenvalue weighted by atomic mass is 32.1. The standard InChI is InChI=1S/C21H27N3OS/c1-21(2,3)17-12-10-15(11-13-17)14-24-20(26)23(4)19(25)18(22-24)16-8-6-5-7-9-16/h8,10-13H,5-7,9,14H2,1-4H3. The van der Waals surface area contributed by atoms with Crippen LogP contribution in [0.25, 0.3) is 5.57 Å². The van der Waals surface area contributed by atoms with Gasteiger partial charge in [0.2, 0.25) is 0 Å². The van der Waals surface area contributed by atoms with Crippen LogP contribution in [0.5, 0.6) is 0 Å². The van der Waals surface area contributed by atoms with E-state index in [0.29, 0.717) is 17.0 Å². The van der Waals surface area contributed by atoms with Gasteiger partial charge in [-0.3, -0.25) is 9.36 Å². The Balaban J connectivity index is 1.97. The Morgan fingerprint density at radius 1 is 1.15 bits per heavy atom. The topological polar surface area (TPSA) is 39.8 Å². The van der Waals surface area contributed by atoms with Crippen LogP contribution < -0.4 is 5.56 Å². The van der Waals surface area contributed by atoms with Gasteiger partial charge in [-0.25, -0.2) is 4.68 Å². The Hall–Kier alpha value is -2.01. The van der Waals surface area contributed by atoms with Crippen LogP contribution in [0.1, 0.15) is 63.3 Å². The fraction of sp³-hybridized carbons (Fsp3) is 0.476. The SMILES string of the molecule is Cn1c(=O)c(C2=CCCCC2)nn(Cc2ccc(C(C)(C)C)cc2)c1=S. The molecule has 0 saturated heterocycles. The molecular formula is C21H27N3OS. The molecule has 1 aliphatic carbocycles. The highest BCUT2D eigenvalue weighted by Crippen LogP contribution is 2.24. The smallest absolute Gasteiger partial charge is 0.280 e. The molecular weight excluding hydrogens is 342 g/mol. The first kappa shape index (κ1) is 18.8. The number of allylic oxidation sites excluding steroid dienone is 2. The Bertz CT molecular complexity index is 943. The molecule has 3 rings (SSSR count). The maximum Gasteiger partial charge on any atom is 0.280 e. The summed E-state index contributed by atoms with van der Waals surface area (Å²) in [4.78, 5) is 12.6. The molecule has 0 amide bonds. The van der Waals surface area contributed by atoms with Crippen molar-refractivity contribution < 1.29 is 0 Å². The van der Waals surface area contributed by atoms with E-state index in [2.05, 4.69) is 56.2 Å². The number of hydrogen-bond donors (Lipinski definition) is 0. The molecule has 4 nitrogen and oxygen atoms in total. The molecule has 1 aromatic carbocycles. The van der Waals surface area contributed by atoms with Crippen LogP contribution in [-0.4, -0.2) is 14.3 Å². The Kier molecular flexibility index (Phi) is 5.28. The lowest BCUT2D eigenvalue weighted by atomic mass is 9.87. The van der Waals surface area contributed by atoms with Crippen molar-refractivity contribution in [2.45, 2.75) is 58.4 Å². The second kappa shape index (κ2) is 7.31. The van der Waals surface area contributed by atoms with Gasteiger partial charge in [-0.1, -0.05) is 51.1 Å². The zero-order valence-corrected chi connectivity index (χ0v) is 16.9. The Morgan fingerprint density at radius 2 is 1.85 bits per heavy atom. The molecule has 26 heavy (non-hydrogen) atoms. The van der Waals surface area contributed by atoms with Crippen LogP contribution in [0.3, 0.4) is 0 Å². The molecule has 1 heterocycles. The second-order valence-electron chi connectivity index (χ2n) is 8.08. The Morgan fingerprint density at radius 3 is 2.42 bits per heavy atom. The van der Waals surface area contributed by atoms with Crippen LogP contribution in [0.2, 0.25) is 0 Å². The van der Waals surface area contributed by atoms with Crippen molar-refractivity contribution in [1.29, 1.82) is 0 Å². The normalized spacial score (nSPS) is 15.0. The van der Waals surface area contributed by atoms with Gasteiger partial charge < -0.3 is 0 Å². The van der Waals surface area contributed by atoms with Crippen LogP contribution in [-0.2, 0) is 19.0 Å². The molecule has 2 aromatic rings. The number of rotatable bonds is 3. The Labute approximate surface area is 160 Å². The monoisotopic (exact) mass is 369 g/mol. The predicted molar refractivity (Wildman–Crippen MR) is 109 cm³/mol. The summed E-state index contributed by atoms with van der Waals surface area (Å²) in [5, 5.41) is 4.63. The van der Waals surface area contributed by atoms with E-state index in [1.165, 1.54) is 16.6 Å². The van der Waals surface area contributed by atoms with E-state index in [1.807, 2.05) is 0 Å². The van der Waals surface area contributed by atoms with Gasteiger partial charge in [-0.2, -0.15) is 5.10 Å². The zero-order chi connectivity index (χ0) is 18.9. The van der Waals surface area contributed by atoms with Gasteiger partial charge in [-0.05, 0) is 60.0 Å². The summed E-state index contributed by atoms with van der Waals surface area (Å²) in [5.74, 6) is 0. The van der Waals surface area contributed by atoms with E-state index < -0.39 is 0 Å². The van der Waals surface area contributed by atoms with Crippen molar-refractivity contribution in [3.8, 4) is 0 Å². The minimum absolute atomic E-state index is 0.0949. The lowest BCUT2D eigenvalue weighted by Crippen LogP contribution is -2.29. The van der Waals surface area contributed by atoms with Gasteiger partial charge in [0.15, 0.2) is 10.5 Å². The molecule has 0 radical (unpaired) electrons. The maximum absolute atomic E-state index is 12.6. The molecule has 0 fully saturated rings. The van der Waals surface area contributed by atoms with Gasteiger partial charge in [0.05, 0.1) is 6.54 Å². The molecule has 138 valence electrons. The summed E-state index contributed by atoms with van der Waals surface area (Å²) in [6.45, 7) is 7.18. The van der Waals surface area contributed by atoms with E-state index in [1.54, 1.807) is 11.7 Å². The number of benzene rings is 1. The van der Waals surface area contributed by atoms with Crippen molar-refractivity contribution in [3.63, 3.8) is 0 Å². The zero-order valence-electron chi connectivity index (χ0n) is 16.1. The summed E-state index contributed by atoms with van der Waals surface area (Å²) in [6.07, 6.45) is 6.38. The number of aromatic nitrogens is 3. The molecule has 0 aliphatic heterocycles. The average molecular weight is 370 g/mol. The fourth-order valence-electron chi connectivity index (χ4n) is 3.27. The first-order chi connectivity index (χ1) is 12.3. The molecule has 1 aromatic heterocycles. The lowest BCUT2D eigenvalue weighted by molar-refractivity contribution is 0.572. The van der Waals surface area contributed by atoms with E-state index in [0.717, 1.165) is 30.4 Å². The van der Waals surface area contributed by atoms with Crippen LogP contribution in [0, 0.1) is 4.77 Å². The predicted octanol–water partition coefficient (Wildman–Crippen LogP) is 4.61. The molecule has 0 N–H and O–H groups in total. The summed E-state index contributed by atoms with van der Waals surface area (Å²) >= 11 is 5.47. The van der Waals surface area contributed by atoms with Gasteiger partial charge >= 0.3 is 0 Å². The highest BCUT2D eigenvalue weighted by Gasteiger charge is 2.16. The molecule has 0 atom stereocenters. The molecule has 1 aliphatic rings. The van der Waals surface area contributed by atoms with E-state index in [-0.39, 0.29) is 11.0 Å². The number of nitrogens with zero attached hydrogens (tertiary/aromatic N) is 3. The summed E-state index contributed by atoms with van der Waals surface area (Å²) in [5.41, 5.74) is 4.07. The van der Waals surface area contributed by atoms with Gasteiger partial charge in [-0.15, -0.1) is 0 Å². The molecule has 5 heteroatoms. The third kappa shape index (κ3) is 3.88. The summed E-state index contributed by atoms with van der Waals surface area (Å²) < 4.78 is 3.76. The second-order valence-corrected chi connectivity index (χ2v) is 8.44. The quantitative estimate of drug-likeness (QED) is 0.742. The van der Waals surface area contributed by atoms with E-state index in [4.69, 9.17) is 12.2 Å². The number of hydrogen-bond acceptors (Lipinski definition) is 3. The summed E-state index contributed by atoms with van der Waals surface area (Å²) in [6, 6.07) is 8.56. The fourth-order valence-corrected chi connectivity index (χ4v) is 3.45. The van der Waals surface area contributed by atoms with Crippen LogP contribution in [0.15, 0.2) is 35.1 Å². The summed E-state index contributed by atoms with van der Waals surface area (Å²) in [7, 11) is 1.73. The van der Waals surface area contributed by atoms with Crippen molar-refractivity contribution in [1.82, 2.24) is 14.3 Å². The van der Waals surface area contributed by atoms with Crippen LogP contribution >= 0.6 is 12.2 Å². The lowest BCUT2D eigenvalue weighted by Gasteiger charge is -2.19. The van der Waals surface area contributed by atoms with Crippen molar-refractivity contribution in [3.05, 3.63) is 62.3 Å². The van der Waals surface area contributed by atoms with Crippen molar-refractivity contribution in [2.24, 2.45) is 7.05 Å². The minimum Gasteiger partial charge on any atom is -0.285 e. The molecule has 0 bridgehead atoms. The van der Waals surface area contributed by atoms with Crippen molar-refractivity contribution >= 4 is 17.8 Å². The molecule has 0 spiro atoms. The minimum atomic E-state index is -0.0949. The third-order valence-electron chi connectivity index (χ3n) is 4.98. The van der Waals surface area contributed by atoms with Gasteiger partial charge in [0, 0.05) is 7.05 Å². The van der Waals surface area contributed by atoms with Crippen LogP contribution in [0.4, 0.5) is 0 Å². The van der Waals surface area contributed by atoms with Crippen molar-refractivity contribution in [2.75, 3.05) is 0 Å². The molecule has 0 saturated carbocycles. The first-order valence-electron chi connectivity index (χ1n) is 9.24. The average Bonchev–Trinajstić information content (AvgIpc) is 2.62. The first-order valence-corrected chi connectivity index (χ1v) is 9.65. The highest BCUT2D eigenvalue weighted by molar-refractivity contribution is 7.71. The largest absolute Gasteiger partial charge is 0.285 e.